The van der Waals surface area contributed by atoms with Gasteiger partial charge in [0.25, 0.3) is 0 Å². The number of anilines is 2. The van der Waals surface area contributed by atoms with Crippen LogP contribution in [0.1, 0.15) is 24.5 Å². The predicted octanol–water partition coefficient (Wildman–Crippen LogP) is 3.58. The van der Waals surface area contributed by atoms with Crippen molar-refractivity contribution in [3.63, 3.8) is 0 Å². The first-order valence-electron chi connectivity index (χ1n) is 6.86. The standard InChI is InChI=1S/C15H17BrN4/c1-2-7-17-15-18-8-13(16)14(19-15)20-9-11-5-3-4-6-12(11)10-20/h3-6,8H,2,7,9-10H2,1H3,(H,17,18,19). The molecular weight excluding hydrogens is 316 g/mol. The zero-order valence-corrected chi connectivity index (χ0v) is 13.0. The Morgan fingerprint density at radius 1 is 1.25 bits per heavy atom. The van der Waals surface area contributed by atoms with E-state index in [1.165, 1.54) is 11.1 Å². The average Bonchev–Trinajstić information content (AvgIpc) is 2.90. The van der Waals surface area contributed by atoms with Crippen molar-refractivity contribution in [2.45, 2.75) is 26.4 Å². The van der Waals surface area contributed by atoms with E-state index in [1.54, 1.807) is 0 Å². The number of nitrogens with one attached hydrogen (secondary N) is 1. The van der Waals surface area contributed by atoms with E-state index in [4.69, 9.17) is 0 Å². The molecule has 2 aromatic rings. The Kier molecular flexibility index (Phi) is 3.87. The van der Waals surface area contributed by atoms with Gasteiger partial charge in [-0.25, -0.2) is 4.98 Å². The Morgan fingerprint density at radius 3 is 2.60 bits per heavy atom. The molecule has 0 aliphatic carbocycles. The van der Waals surface area contributed by atoms with Gasteiger partial charge in [0, 0.05) is 25.8 Å². The number of rotatable bonds is 4. The lowest BCUT2D eigenvalue weighted by atomic mass is 10.1. The smallest absolute Gasteiger partial charge is 0.224 e. The highest BCUT2D eigenvalue weighted by Gasteiger charge is 2.21. The molecule has 0 saturated heterocycles. The van der Waals surface area contributed by atoms with E-state index in [9.17, 15) is 0 Å². The maximum atomic E-state index is 4.63. The number of hydrogen-bond donors (Lipinski definition) is 1. The van der Waals surface area contributed by atoms with Gasteiger partial charge in [0.2, 0.25) is 5.95 Å². The van der Waals surface area contributed by atoms with E-state index in [0.717, 1.165) is 36.3 Å². The summed E-state index contributed by atoms with van der Waals surface area (Å²) in [5, 5.41) is 3.24. The fraction of sp³-hybridized carbons (Fsp3) is 0.333. The van der Waals surface area contributed by atoms with E-state index in [0.29, 0.717) is 5.95 Å². The van der Waals surface area contributed by atoms with E-state index in [2.05, 4.69) is 67.3 Å². The maximum Gasteiger partial charge on any atom is 0.224 e. The number of nitrogens with zero attached hydrogens (tertiary/aromatic N) is 3. The largest absolute Gasteiger partial charge is 0.354 e. The second-order valence-corrected chi connectivity index (χ2v) is 5.77. The monoisotopic (exact) mass is 332 g/mol. The highest BCUT2D eigenvalue weighted by Crippen LogP contribution is 2.31. The van der Waals surface area contributed by atoms with Crippen LogP contribution in [0.3, 0.4) is 0 Å². The normalized spacial score (nSPS) is 13.4. The lowest BCUT2D eigenvalue weighted by Gasteiger charge is -2.18. The lowest BCUT2D eigenvalue weighted by Crippen LogP contribution is -2.18. The van der Waals surface area contributed by atoms with Crippen LogP contribution in [0.5, 0.6) is 0 Å². The summed E-state index contributed by atoms with van der Waals surface area (Å²) in [7, 11) is 0. The molecule has 1 aliphatic heterocycles. The molecule has 1 aromatic heterocycles. The Morgan fingerprint density at radius 2 is 1.95 bits per heavy atom. The predicted molar refractivity (Wildman–Crippen MR) is 84.8 cm³/mol. The van der Waals surface area contributed by atoms with Crippen LogP contribution in [0.2, 0.25) is 0 Å². The highest BCUT2D eigenvalue weighted by molar-refractivity contribution is 9.10. The molecule has 0 amide bonds. The van der Waals surface area contributed by atoms with E-state index in [1.807, 2.05) is 6.20 Å². The van der Waals surface area contributed by atoms with Crippen LogP contribution >= 0.6 is 15.9 Å². The van der Waals surface area contributed by atoms with Crippen LogP contribution < -0.4 is 10.2 Å². The van der Waals surface area contributed by atoms with Gasteiger partial charge in [-0.05, 0) is 33.5 Å². The fourth-order valence-electron chi connectivity index (χ4n) is 2.38. The summed E-state index contributed by atoms with van der Waals surface area (Å²) in [5.74, 6) is 1.65. The molecule has 104 valence electrons. The summed E-state index contributed by atoms with van der Waals surface area (Å²) >= 11 is 3.56. The summed E-state index contributed by atoms with van der Waals surface area (Å²) in [6, 6.07) is 8.54. The van der Waals surface area contributed by atoms with Crippen LogP contribution in [0, 0.1) is 0 Å². The molecule has 0 fully saturated rings. The summed E-state index contributed by atoms with van der Waals surface area (Å²) in [5.41, 5.74) is 2.75. The van der Waals surface area contributed by atoms with Crippen molar-refractivity contribution < 1.29 is 0 Å². The molecule has 4 nitrogen and oxygen atoms in total. The number of halogens is 1. The molecular formula is C15H17BrN4. The molecule has 0 saturated carbocycles. The van der Waals surface area contributed by atoms with E-state index in [-0.39, 0.29) is 0 Å². The van der Waals surface area contributed by atoms with Crippen molar-refractivity contribution in [2.24, 2.45) is 0 Å². The Hall–Kier alpha value is -1.62. The van der Waals surface area contributed by atoms with Gasteiger partial charge < -0.3 is 10.2 Å². The molecule has 0 unspecified atom stereocenters. The quantitative estimate of drug-likeness (QED) is 0.929. The molecule has 2 heterocycles. The third kappa shape index (κ3) is 2.63. The van der Waals surface area contributed by atoms with Gasteiger partial charge in [-0.1, -0.05) is 31.2 Å². The molecule has 5 heteroatoms. The topological polar surface area (TPSA) is 41.1 Å². The third-order valence-electron chi connectivity index (χ3n) is 3.40. The lowest BCUT2D eigenvalue weighted by molar-refractivity contribution is 0.844. The molecule has 0 spiro atoms. The second kappa shape index (κ2) is 5.79. The first kappa shape index (κ1) is 13.4. The zero-order valence-electron chi connectivity index (χ0n) is 11.4. The van der Waals surface area contributed by atoms with Crippen molar-refractivity contribution in [1.29, 1.82) is 0 Å². The zero-order chi connectivity index (χ0) is 13.9. The fourth-order valence-corrected chi connectivity index (χ4v) is 2.83. The van der Waals surface area contributed by atoms with Gasteiger partial charge in [0.15, 0.2) is 0 Å². The van der Waals surface area contributed by atoms with Crippen molar-refractivity contribution in [1.82, 2.24) is 9.97 Å². The van der Waals surface area contributed by atoms with Crippen molar-refractivity contribution in [3.8, 4) is 0 Å². The second-order valence-electron chi connectivity index (χ2n) is 4.92. The minimum absolute atomic E-state index is 0.695. The van der Waals surface area contributed by atoms with Gasteiger partial charge in [-0.15, -0.1) is 0 Å². The molecule has 0 radical (unpaired) electrons. The van der Waals surface area contributed by atoms with Gasteiger partial charge in [-0.2, -0.15) is 4.98 Å². The summed E-state index contributed by atoms with van der Waals surface area (Å²) in [6.45, 7) is 4.82. The molecule has 0 bridgehead atoms. The molecule has 3 rings (SSSR count). The van der Waals surface area contributed by atoms with Crippen molar-refractivity contribution in [3.05, 3.63) is 46.1 Å². The number of benzene rings is 1. The Bertz CT molecular complexity index is 590. The van der Waals surface area contributed by atoms with Gasteiger partial charge in [0.05, 0.1) is 4.47 Å². The highest BCUT2D eigenvalue weighted by atomic mass is 79.9. The Balaban J connectivity index is 1.84. The minimum Gasteiger partial charge on any atom is -0.354 e. The molecule has 20 heavy (non-hydrogen) atoms. The van der Waals surface area contributed by atoms with E-state index < -0.39 is 0 Å². The number of aromatic nitrogens is 2. The van der Waals surface area contributed by atoms with Crippen LogP contribution in [-0.4, -0.2) is 16.5 Å². The number of fused-ring (bicyclic) bond motifs is 1. The third-order valence-corrected chi connectivity index (χ3v) is 3.96. The number of hydrogen-bond acceptors (Lipinski definition) is 4. The van der Waals surface area contributed by atoms with Crippen LogP contribution in [0.15, 0.2) is 34.9 Å². The molecule has 1 aromatic carbocycles. The maximum absolute atomic E-state index is 4.63. The average molecular weight is 333 g/mol. The summed E-state index contributed by atoms with van der Waals surface area (Å²) in [6.07, 6.45) is 2.88. The van der Waals surface area contributed by atoms with Crippen LogP contribution in [0.25, 0.3) is 0 Å². The van der Waals surface area contributed by atoms with Gasteiger partial charge in [-0.3, -0.25) is 0 Å². The summed E-state index contributed by atoms with van der Waals surface area (Å²) < 4.78 is 0.937. The minimum atomic E-state index is 0.695. The Labute approximate surface area is 127 Å². The molecule has 1 aliphatic rings. The van der Waals surface area contributed by atoms with Crippen molar-refractivity contribution in [2.75, 3.05) is 16.8 Å². The van der Waals surface area contributed by atoms with E-state index >= 15 is 0 Å². The van der Waals surface area contributed by atoms with Gasteiger partial charge >= 0.3 is 0 Å². The first-order valence-corrected chi connectivity index (χ1v) is 7.65. The van der Waals surface area contributed by atoms with Crippen LogP contribution in [-0.2, 0) is 13.1 Å². The first-order chi connectivity index (χ1) is 9.78. The van der Waals surface area contributed by atoms with Gasteiger partial charge in [0.1, 0.15) is 5.82 Å². The van der Waals surface area contributed by atoms with Crippen molar-refractivity contribution >= 4 is 27.7 Å². The van der Waals surface area contributed by atoms with Crippen LogP contribution in [0.4, 0.5) is 11.8 Å². The molecule has 1 N–H and O–H groups in total. The summed E-state index contributed by atoms with van der Waals surface area (Å²) in [4.78, 5) is 11.2. The SMILES string of the molecule is CCCNc1ncc(Br)c(N2Cc3ccccc3C2)n1. The molecule has 0 atom stereocenters.